The molecule has 1 saturated heterocycles. The molecule has 0 spiro atoms. The molecule has 1 aliphatic heterocycles. The van der Waals surface area contributed by atoms with Gasteiger partial charge in [-0.15, -0.1) is 0 Å². The Bertz CT molecular complexity index is 779. The van der Waals surface area contributed by atoms with E-state index in [1.807, 2.05) is 19.6 Å². The number of imidazole rings is 1. The highest BCUT2D eigenvalue weighted by molar-refractivity contribution is 5.94. The number of amides is 1. The molecule has 7 heteroatoms. The molecule has 0 unspecified atom stereocenters. The number of nitrogens with zero attached hydrogens (tertiary/aromatic N) is 4. The third-order valence-electron chi connectivity index (χ3n) is 5.96. The van der Waals surface area contributed by atoms with E-state index >= 15 is 0 Å². The normalized spacial score (nSPS) is 23.6. The van der Waals surface area contributed by atoms with E-state index < -0.39 is 0 Å². The average Bonchev–Trinajstić information content (AvgIpc) is 3.26. The Labute approximate surface area is 154 Å². The Balaban J connectivity index is 1.46. The quantitative estimate of drug-likeness (QED) is 0.876. The molecule has 0 radical (unpaired) electrons. The molecule has 2 aromatic heterocycles. The molecule has 2 N–H and O–H groups in total. The van der Waals surface area contributed by atoms with E-state index in [1.165, 1.54) is 12.1 Å². The van der Waals surface area contributed by atoms with Crippen LogP contribution in [0.25, 0.3) is 0 Å². The van der Waals surface area contributed by atoms with Crippen molar-refractivity contribution in [3.63, 3.8) is 0 Å². The Hall–Kier alpha value is -2.15. The molecule has 26 heavy (non-hydrogen) atoms. The number of fused-ring (bicyclic) bond motifs is 1. The molecule has 1 amide bonds. The smallest absolute Gasteiger partial charge is 0.272 e. The number of piperidine rings is 1. The van der Waals surface area contributed by atoms with Crippen molar-refractivity contribution in [2.24, 2.45) is 13.0 Å². The molecule has 140 valence electrons. The molecule has 2 aliphatic rings. The lowest BCUT2D eigenvalue weighted by Gasteiger charge is -2.39. The van der Waals surface area contributed by atoms with Crippen LogP contribution in [0.15, 0.2) is 12.5 Å². The van der Waals surface area contributed by atoms with Gasteiger partial charge in [-0.3, -0.25) is 14.8 Å². The van der Waals surface area contributed by atoms with Crippen LogP contribution in [0.3, 0.4) is 0 Å². The van der Waals surface area contributed by atoms with Crippen molar-refractivity contribution in [2.75, 3.05) is 20.1 Å². The van der Waals surface area contributed by atoms with Crippen LogP contribution in [-0.2, 0) is 19.9 Å². The van der Waals surface area contributed by atoms with Crippen molar-refractivity contribution in [2.45, 2.75) is 44.6 Å². The number of aromatic nitrogens is 4. The van der Waals surface area contributed by atoms with Crippen molar-refractivity contribution < 1.29 is 4.79 Å². The first-order valence-corrected chi connectivity index (χ1v) is 9.66. The minimum atomic E-state index is -0.0404. The number of rotatable bonds is 4. The third-order valence-corrected chi connectivity index (χ3v) is 5.96. The summed E-state index contributed by atoms with van der Waals surface area (Å²) < 4.78 is 2.09. The van der Waals surface area contributed by atoms with Gasteiger partial charge in [0.2, 0.25) is 0 Å². The first-order valence-electron chi connectivity index (χ1n) is 9.66. The summed E-state index contributed by atoms with van der Waals surface area (Å²) >= 11 is 0. The summed E-state index contributed by atoms with van der Waals surface area (Å²) in [5.74, 6) is 0.337. The first kappa shape index (κ1) is 17.3. The van der Waals surface area contributed by atoms with Crippen molar-refractivity contribution in [3.8, 4) is 0 Å². The van der Waals surface area contributed by atoms with Crippen molar-refractivity contribution in [1.82, 2.24) is 30.0 Å². The van der Waals surface area contributed by atoms with Crippen LogP contribution in [0, 0.1) is 5.92 Å². The molecule has 1 fully saturated rings. The minimum absolute atomic E-state index is 0.0404. The van der Waals surface area contributed by atoms with Gasteiger partial charge in [-0.2, -0.15) is 5.10 Å². The maximum atomic E-state index is 12.7. The SMILES string of the molecule is CN1CCC[C@@H](CNC(=O)c2n[nH]c3c2CCCC3)[C@@H]1c1cncn1C. The van der Waals surface area contributed by atoms with Gasteiger partial charge in [0.15, 0.2) is 5.69 Å². The van der Waals surface area contributed by atoms with Gasteiger partial charge in [-0.05, 0) is 58.0 Å². The third kappa shape index (κ3) is 3.16. The fourth-order valence-electron chi connectivity index (χ4n) is 4.57. The molecule has 0 bridgehead atoms. The largest absolute Gasteiger partial charge is 0.350 e. The number of nitrogens with one attached hydrogen (secondary N) is 2. The Kier molecular flexibility index (Phi) is 4.80. The fourth-order valence-corrected chi connectivity index (χ4v) is 4.57. The Morgan fingerprint density at radius 3 is 2.96 bits per heavy atom. The second kappa shape index (κ2) is 7.23. The summed E-state index contributed by atoms with van der Waals surface area (Å²) in [7, 11) is 4.20. The predicted octanol–water partition coefficient (Wildman–Crippen LogP) is 1.83. The number of aryl methyl sites for hydroxylation is 2. The summed E-state index contributed by atoms with van der Waals surface area (Å²) in [6, 6.07) is 0.282. The number of hydrogen-bond acceptors (Lipinski definition) is 4. The zero-order valence-corrected chi connectivity index (χ0v) is 15.7. The summed E-state index contributed by atoms with van der Waals surface area (Å²) in [6.45, 7) is 1.74. The number of carbonyl (C=O) groups excluding carboxylic acids is 1. The van der Waals surface area contributed by atoms with E-state index in [-0.39, 0.29) is 11.9 Å². The first-order chi connectivity index (χ1) is 12.6. The molecule has 2 aromatic rings. The second-order valence-corrected chi connectivity index (χ2v) is 7.70. The van der Waals surface area contributed by atoms with E-state index in [0.717, 1.165) is 49.9 Å². The van der Waals surface area contributed by atoms with E-state index in [2.05, 4.69) is 37.0 Å². The van der Waals surface area contributed by atoms with Crippen LogP contribution in [0.2, 0.25) is 0 Å². The minimum Gasteiger partial charge on any atom is -0.350 e. The number of likely N-dealkylation sites (tertiary alicyclic amines) is 1. The fraction of sp³-hybridized carbons (Fsp3) is 0.632. The number of carbonyl (C=O) groups is 1. The van der Waals surface area contributed by atoms with Gasteiger partial charge in [-0.1, -0.05) is 0 Å². The Morgan fingerprint density at radius 2 is 2.15 bits per heavy atom. The van der Waals surface area contributed by atoms with Crippen LogP contribution >= 0.6 is 0 Å². The van der Waals surface area contributed by atoms with E-state index in [0.29, 0.717) is 18.2 Å². The van der Waals surface area contributed by atoms with Crippen LogP contribution in [0.4, 0.5) is 0 Å². The van der Waals surface area contributed by atoms with Crippen LogP contribution in [-0.4, -0.2) is 50.7 Å². The maximum Gasteiger partial charge on any atom is 0.272 e. The van der Waals surface area contributed by atoms with Gasteiger partial charge < -0.3 is 9.88 Å². The van der Waals surface area contributed by atoms with Gasteiger partial charge in [0, 0.05) is 31.0 Å². The maximum absolute atomic E-state index is 12.7. The molecule has 3 heterocycles. The monoisotopic (exact) mass is 356 g/mol. The van der Waals surface area contributed by atoms with E-state index in [1.54, 1.807) is 0 Å². The highest BCUT2D eigenvalue weighted by atomic mass is 16.1. The zero-order valence-electron chi connectivity index (χ0n) is 15.7. The highest BCUT2D eigenvalue weighted by Crippen LogP contribution is 2.34. The predicted molar refractivity (Wildman–Crippen MR) is 98.9 cm³/mol. The lowest BCUT2D eigenvalue weighted by molar-refractivity contribution is 0.0876. The van der Waals surface area contributed by atoms with Crippen LogP contribution < -0.4 is 5.32 Å². The molecule has 7 nitrogen and oxygen atoms in total. The molecule has 4 rings (SSSR count). The Morgan fingerprint density at radius 1 is 1.31 bits per heavy atom. The lowest BCUT2D eigenvalue weighted by atomic mass is 9.87. The van der Waals surface area contributed by atoms with Gasteiger partial charge in [-0.25, -0.2) is 4.98 Å². The van der Waals surface area contributed by atoms with Crippen molar-refractivity contribution in [3.05, 3.63) is 35.2 Å². The molecule has 2 atom stereocenters. The number of aromatic amines is 1. The van der Waals surface area contributed by atoms with E-state index in [9.17, 15) is 4.79 Å². The van der Waals surface area contributed by atoms with Crippen LogP contribution in [0.5, 0.6) is 0 Å². The number of H-pyrrole nitrogens is 1. The van der Waals surface area contributed by atoms with Gasteiger partial charge >= 0.3 is 0 Å². The summed E-state index contributed by atoms with van der Waals surface area (Å²) in [5, 5.41) is 10.5. The van der Waals surface area contributed by atoms with Crippen molar-refractivity contribution >= 4 is 5.91 Å². The molecule has 0 saturated carbocycles. The van der Waals surface area contributed by atoms with Gasteiger partial charge in [0.25, 0.3) is 5.91 Å². The summed E-state index contributed by atoms with van der Waals surface area (Å²) in [4.78, 5) is 19.4. The average molecular weight is 356 g/mol. The highest BCUT2D eigenvalue weighted by Gasteiger charge is 2.33. The summed E-state index contributed by atoms with van der Waals surface area (Å²) in [6.07, 6.45) is 10.3. The molecule has 1 aliphatic carbocycles. The molecule has 0 aromatic carbocycles. The van der Waals surface area contributed by atoms with Crippen LogP contribution in [0.1, 0.15) is 59.2 Å². The van der Waals surface area contributed by atoms with E-state index in [4.69, 9.17) is 0 Å². The molecular formula is C19H28N6O. The lowest BCUT2D eigenvalue weighted by Crippen LogP contribution is -2.42. The molecular weight excluding hydrogens is 328 g/mol. The number of hydrogen-bond donors (Lipinski definition) is 2. The zero-order chi connectivity index (χ0) is 18.1. The second-order valence-electron chi connectivity index (χ2n) is 7.70. The van der Waals surface area contributed by atoms with Crippen molar-refractivity contribution in [1.29, 1.82) is 0 Å². The van der Waals surface area contributed by atoms with Gasteiger partial charge in [0.1, 0.15) is 0 Å². The topological polar surface area (TPSA) is 78.8 Å². The summed E-state index contributed by atoms with van der Waals surface area (Å²) in [5.41, 5.74) is 4.08. The standard InChI is InChI=1S/C19H28N6O/c1-24-9-5-6-13(18(24)16-11-20-12-25(16)2)10-21-19(26)17-14-7-3-4-8-15(14)22-23-17/h11-13,18H,3-10H2,1-2H3,(H,21,26)(H,22,23)/t13-,18+/m0/s1. The van der Waals surface area contributed by atoms with Gasteiger partial charge in [0.05, 0.1) is 18.1 Å².